The van der Waals surface area contributed by atoms with Gasteiger partial charge < -0.3 is 15.9 Å². The fourth-order valence-corrected chi connectivity index (χ4v) is 4.13. The Kier molecular flexibility index (Phi) is 3.36. The molecule has 2 rings (SSSR count). The van der Waals surface area contributed by atoms with Crippen LogP contribution in [0.3, 0.4) is 0 Å². The van der Waals surface area contributed by atoms with E-state index in [0.717, 1.165) is 25.7 Å². The Labute approximate surface area is 106 Å². The number of hydrogen-bond acceptors (Lipinski definition) is 3. The Morgan fingerprint density at radius 2 is 2.00 bits per heavy atom. The average molecular weight is 255 g/mol. The maximum atomic E-state index is 11.5. The summed E-state index contributed by atoms with van der Waals surface area (Å²) in [5.74, 6) is -3.07. The van der Waals surface area contributed by atoms with Gasteiger partial charge >= 0.3 is 11.9 Å². The Balaban J connectivity index is 2.24. The van der Waals surface area contributed by atoms with E-state index < -0.39 is 23.4 Å². The minimum atomic E-state index is -1.56. The molecule has 5 heteroatoms. The van der Waals surface area contributed by atoms with Crippen molar-refractivity contribution in [1.29, 1.82) is 0 Å². The topological polar surface area (TPSA) is 101 Å². The molecular weight excluding hydrogens is 234 g/mol. The van der Waals surface area contributed by atoms with Crippen LogP contribution >= 0.6 is 0 Å². The summed E-state index contributed by atoms with van der Waals surface area (Å²) in [4.78, 5) is 22.7. The lowest BCUT2D eigenvalue weighted by Crippen LogP contribution is -2.61. The third-order valence-electron chi connectivity index (χ3n) is 4.90. The molecule has 4 N–H and O–H groups in total. The first kappa shape index (κ1) is 13.3. The van der Waals surface area contributed by atoms with Gasteiger partial charge in [0.2, 0.25) is 0 Å². The van der Waals surface area contributed by atoms with Gasteiger partial charge in [0.25, 0.3) is 0 Å². The summed E-state index contributed by atoms with van der Waals surface area (Å²) in [6.07, 6.45) is 4.58. The highest BCUT2D eigenvalue weighted by Crippen LogP contribution is 2.57. The first-order valence-electron chi connectivity index (χ1n) is 6.68. The van der Waals surface area contributed by atoms with Crippen LogP contribution in [0.1, 0.15) is 39.0 Å². The molecule has 0 amide bonds. The molecule has 2 aliphatic rings. The van der Waals surface area contributed by atoms with E-state index in [9.17, 15) is 19.8 Å². The van der Waals surface area contributed by atoms with Gasteiger partial charge in [-0.2, -0.15) is 0 Å². The largest absolute Gasteiger partial charge is 0.481 e. The Bertz CT molecular complexity index is 370. The van der Waals surface area contributed by atoms with Crippen molar-refractivity contribution >= 4 is 11.9 Å². The normalized spacial score (nSPS) is 42.1. The molecule has 0 unspecified atom stereocenters. The van der Waals surface area contributed by atoms with E-state index in [1.165, 1.54) is 0 Å². The minimum Gasteiger partial charge on any atom is -0.481 e. The number of rotatable bonds is 5. The first-order valence-corrected chi connectivity index (χ1v) is 6.68. The number of nitrogens with two attached hydrogens (primary N) is 1. The fourth-order valence-electron chi connectivity index (χ4n) is 4.13. The second-order valence-corrected chi connectivity index (χ2v) is 5.79. The van der Waals surface area contributed by atoms with Crippen molar-refractivity contribution in [3.63, 3.8) is 0 Å². The number of aliphatic carboxylic acids is 2. The van der Waals surface area contributed by atoms with Crippen LogP contribution in [0.15, 0.2) is 0 Å². The van der Waals surface area contributed by atoms with E-state index in [4.69, 9.17) is 5.73 Å². The predicted octanol–water partition coefficient (Wildman–Crippen LogP) is 1.32. The third-order valence-corrected chi connectivity index (χ3v) is 4.90. The molecule has 0 aromatic carbocycles. The van der Waals surface area contributed by atoms with Gasteiger partial charge in [0.05, 0.1) is 5.92 Å². The quantitative estimate of drug-likeness (QED) is 0.687. The van der Waals surface area contributed by atoms with Crippen LogP contribution in [0, 0.1) is 23.7 Å². The number of hydrogen-bond donors (Lipinski definition) is 3. The summed E-state index contributed by atoms with van der Waals surface area (Å²) in [5.41, 5.74) is 4.45. The van der Waals surface area contributed by atoms with Crippen molar-refractivity contribution in [1.82, 2.24) is 0 Å². The highest BCUT2D eigenvalue weighted by molar-refractivity contribution is 5.88. The molecule has 0 heterocycles. The van der Waals surface area contributed by atoms with Gasteiger partial charge in [-0.15, -0.1) is 0 Å². The van der Waals surface area contributed by atoms with Crippen LogP contribution in [0.25, 0.3) is 0 Å². The number of carbonyl (C=O) groups is 2. The zero-order chi connectivity index (χ0) is 13.5. The summed E-state index contributed by atoms with van der Waals surface area (Å²) < 4.78 is 0. The van der Waals surface area contributed by atoms with Gasteiger partial charge in [0.15, 0.2) is 0 Å². The lowest BCUT2D eigenvalue weighted by Gasteiger charge is -2.39. The number of unbranched alkanes of at least 4 members (excludes halogenated alkanes) is 1. The molecule has 0 spiro atoms. The van der Waals surface area contributed by atoms with Gasteiger partial charge in [0, 0.05) is 0 Å². The molecule has 0 radical (unpaired) electrons. The zero-order valence-corrected chi connectivity index (χ0v) is 10.6. The molecule has 0 aromatic rings. The summed E-state index contributed by atoms with van der Waals surface area (Å²) >= 11 is 0. The highest BCUT2D eigenvalue weighted by atomic mass is 16.4. The molecular formula is C13H21NO4. The van der Waals surface area contributed by atoms with Crippen molar-refractivity contribution < 1.29 is 19.8 Å². The summed E-state index contributed by atoms with van der Waals surface area (Å²) in [5, 5.41) is 18.6. The molecule has 0 aromatic heterocycles. The van der Waals surface area contributed by atoms with Crippen molar-refractivity contribution in [3.8, 4) is 0 Å². The lowest BCUT2D eigenvalue weighted by molar-refractivity contribution is -0.159. The Morgan fingerprint density at radius 3 is 2.50 bits per heavy atom. The number of fused-ring (bicyclic) bond motifs is 2. The summed E-state index contributed by atoms with van der Waals surface area (Å²) in [6, 6.07) is 0. The van der Waals surface area contributed by atoms with Crippen LogP contribution in [0.4, 0.5) is 0 Å². The molecule has 0 aliphatic heterocycles. The lowest BCUT2D eigenvalue weighted by atomic mass is 9.67. The maximum Gasteiger partial charge on any atom is 0.324 e. The molecule has 5 atom stereocenters. The van der Waals surface area contributed by atoms with E-state index >= 15 is 0 Å². The van der Waals surface area contributed by atoms with Crippen molar-refractivity contribution in [2.75, 3.05) is 0 Å². The van der Waals surface area contributed by atoms with Crippen LogP contribution in [0.5, 0.6) is 0 Å². The standard InChI is InChI=1S/C13H21NO4/c1-2-3-4-7-5-8-6-9(7)13(14,12(17)18)10(8)11(15)16/h7-10H,2-6,14H2,1H3,(H,15,16)(H,17,18)/t7-,8-,9-,10-,13-/m1/s1. The van der Waals surface area contributed by atoms with Crippen molar-refractivity contribution in [3.05, 3.63) is 0 Å². The van der Waals surface area contributed by atoms with E-state index in [1.54, 1.807) is 0 Å². The molecule has 2 saturated carbocycles. The molecule has 0 saturated heterocycles. The van der Waals surface area contributed by atoms with E-state index in [0.29, 0.717) is 6.42 Å². The molecule has 2 bridgehead atoms. The van der Waals surface area contributed by atoms with E-state index in [1.807, 2.05) is 0 Å². The van der Waals surface area contributed by atoms with Gasteiger partial charge in [-0.05, 0) is 30.6 Å². The second kappa shape index (κ2) is 4.53. The minimum absolute atomic E-state index is 0.0598. The molecule has 5 nitrogen and oxygen atoms in total. The molecule has 102 valence electrons. The van der Waals surface area contributed by atoms with Crippen LogP contribution < -0.4 is 5.73 Å². The number of carboxylic acids is 2. The van der Waals surface area contributed by atoms with E-state index in [-0.39, 0.29) is 17.8 Å². The highest BCUT2D eigenvalue weighted by Gasteiger charge is 2.66. The Morgan fingerprint density at radius 1 is 1.33 bits per heavy atom. The SMILES string of the molecule is CCCC[C@@H]1C[C@@H]2C[C@H]1[C@](N)(C(=O)O)[C@H]2C(=O)O. The van der Waals surface area contributed by atoms with Gasteiger partial charge in [-0.1, -0.05) is 26.2 Å². The van der Waals surface area contributed by atoms with Crippen molar-refractivity contribution in [2.45, 2.75) is 44.6 Å². The summed E-state index contributed by atoms with van der Waals surface area (Å²) in [7, 11) is 0. The van der Waals surface area contributed by atoms with E-state index in [2.05, 4.69) is 6.92 Å². The smallest absolute Gasteiger partial charge is 0.324 e. The molecule has 2 fully saturated rings. The van der Waals surface area contributed by atoms with Gasteiger partial charge in [0.1, 0.15) is 5.54 Å². The summed E-state index contributed by atoms with van der Waals surface area (Å²) in [6.45, 7) is 2.10. The van der Waals surface area contributed by atoms with Crippen LogP contribution in [-0.4, -0.2) is 27.7 Å². The third kappa shape index (κ3) is 1.72. The monoisotopic (exact) mass is 255 g/mol. The Hall–Kier alpha value is -1.10. The van der Waals surface area contributed by atoms with Gasteiger partial charge in [-0.3, -0.25) is 9.59 Å². The predicted molar refractivity (Wildman–Crippen MR) is 64.9 cm³/mol. The average Bonchev–Trinajstić information content (AvgIpc) is 2.81. The zero-order valence-electron chi connectivity index (χ0n) is 10.6. The molecule has 2 aliphatic carbocycles. The first-order chi connectivity index (χ1) is 8.42. The second-order valence-electron chi connectivity index (χ2n) is 5.79. The maximum absolute atomic E-state index is 11.5. The van der Waals surface area contributed by atoms with Crippen LogP contribution in [0.2, 0.25) is 0 Å². The molecule has 18 heavy (non-hydrogen) atoms. The van der Waals surface area contributed by atoms with Crippen LogP contribution in [-0.2, 0) is 9.59 Å². The van der Waals surface area contributed by atoms with Crippen molar-refractivity contribution in [2.24, 2.45) is 29.4 Å². The fraction of sp³-hybridized carbons (Fsp3) is 0.846. The van der Waals surface area contributed by atoms with Gasteiger partial charge in [-0.25, -0.2) is 0 Å². The number of carboxylic acid groups (broad SMARTS) is 2.